The standard InChI is InChI=1S/C25H22FN5O5/c26-19-10-16(36-15-4-5-15)6-7-20(19)31-11-14(28-29-31)13-35-22-3-1-2-17-18(22)12-30(25(17)34)21-8-9-23(32)27-24(21)33/h1-3,6-7,10-11,15,21H,4-5,8-9,12-13H2,(H,27,32,33). The largest absolute Gasteiger partial charge is 0.490 e. The zero-order valence-electron chi connectivity index (χ0n) is 19.1. The molecule has 3 heterocycles. The topological polar surface area (TPSA) is 116 Å². The number of halogens is 1. The molecule has 3 aromatic rings. The molecule has 0 spiro atoms. The lowest BCUT2D eigenvalue weighted by Crippen LogP contribution is -2.52. The van der Waals surface area contributed by atoms with Gasteiger partial charge in [-0.25, -0.2) is 9.07 Å². The summed E-state index contributed by atoms with van der Waals surface area (Å²) in [5, 5.41) is 10.4. The number of benzene rings is 2. The Balaban J connectivity index is 1.15. The van der Waals surface area contributed by atoms with Crippen molar-refractivity contribution < 1.29 is 28.2 Å². The zero-order chi connectivity index (χ0) is 24.8. The average molecular weight is 491 g/mol. The van der Waals surface area contributed by atoms with Gasteiger partial charge in [0, 0.05) is 23.6 Å². The molecule has 1 atom stereocenters. The Morgan fingerprint density at radius 3 is 2.75 bits per heavy atom. The van der Waals surface area contributed by atoms with Crippen molar-refractivity contribution >= 4 is 17.7 Å². The number of imide groups is 1. The molecule has 1 saturated carbocycles. The van der Waals surface area contributed by atoms with Crippen molar-refractivity contribution in [1.82, 2.24) is 25.2 Å². The van der Waals surface area contributed by atoms with E-state index in [4.69, 9.17) is 9.47 Å². The van der Waals surface area contributed by atoms with Crippen molar-refractivity contribution in [2.24, 2.45) is 0 Å². The van der Waals surface area contributed by atoms with Gasteiger partial charge in [0.2, 0.25) is 11.8 Å². The molecule has 2 aliphatic heterocycles. The third kappa shape index (κ3) is 4.16. The first kappa shape index (κ1) is 22.2. The van der Waals surface area contributed by atoms with Gasteiger partial charge in [-0.15, -0.1) is 5.10 Å². The maximum atomic E-state index is 14.6. The Kier molecular flexibility index (Phi) is 5.39. The highest BCUT2D eigenvalue weighted by molar-refractivity contribution is 6.05. The molecule has 1 unspecified atom stereocenters. The summed E-state index contributed by atoms with van der Waals surface area (Å²) in [6, 6.07) is 9.06. The fraction of sp³-hybridized carbons (Fsp3) is 0.320. The van der Waals surface area contributed by atoms with E-state index in [2.05, 4.69) is 15.6 Å². The minimum atomic E-state index is -0.702. The van der Waals surface area contributed by atoms with Gasteiger partial charge in [-0.05, 0) is 43.5 Å². The molecule has 0 radical (unpaired) electrons. The van der Waals surface area contributed by atoms with Crippen molar-refractivity contribution in [3.8, 4) is 17.2 Å². The number of hydrogen-bond acceptors (Lipinski definition) is 7. The van der Waals surface area contributed by atoms with Crippen LogP contribution in [0, 0.1) is 5.82 Å². The molecule has 36 heavy (non-hydrogen) atoms. The monoisotopic (exact) mass is 491 g/mol. The van der Waals surface area contributed by atoms with Crippen LogP contribution in [0.4, 0.5) is 4.39 Å². The lowest BCUT2D eigenvalue weighted by molar-refractivity contribution is -0.136. The first-order valence-corrected chi connectivity index (χ1v) is 11.7. The lowest BCUT2D eigenvalue weighted by atomic mass is 10.0. The highest BCUT2D eigenvalue weighted by atomic mass is 19.1. The van der Waals surface area contributed by atoms with Crippen LogP contribution in [0.25, 0.3) is 5.69 Å². The molecule has 3 amide bonds. The normalized spacial score (nSPS) is 19.3. The fourth-order valence-electron chi connectivity index (χ4n) is 4.45. The summed E-state index contributed by atoms with van der Waals surface area (Å²) >= 11 is 0. The molecule has 2 fully saturated rings. The predicted molar refractivity (Wildman–Crippen MR) is 122 cm³/mol. The van der Waals surface area contributed by atoms with E-state index in [0.29, 0.717) is 28.3 Å². The first-order valence-electron chi connectivity index (χ1n) is 11.7. The number of carbonyl (C=O) groups excluding carboxylic acids is 3. The van der Waals surface area contributed by atoms with Crippen molar-refractivity contribution in [2.75, 3.05) is 0 Å². The van der Waals surface area contributed by atoms with Crippen LogP contribution in [-0.4, -0.2) is 49.8 Å². The van der Waals surface area contributed by atoms with E-state index >= 15 is 0 Å². The molecule has 2 aromatic carbocycles. The Labute approximate surface area is 205 Å². The fourth-order valence-corrected chi connectivity index (χ4v) is 4.45. The van der Waals surface area contributed by atoms with Crippen LogP contribution in [0.3, 0.4) is 0 Å². The minimum absolute atomic E-state index is 0.0492. The van der Waals surface area contributed by atoms with E-state index in [1.165, 1.54) is 15.6 Å². The van der Waals surface area contributed by atoms with Crippen LogP contribution in [-0.2, 0) is 22.7 Å². The molecule has 1 N–H and O–H groups in total. The average Bonchev–Trinajstić information content (AvgIpc) is 3.43. The van der Waals surface area contributed by atoms with Crippen LogP contribution in [0.5, 0.6) is 11.5 Å². The molecule has 0 bridgehead atoms. The SMILES string of the molecule is O=C1CCC(N2Cc3c(OCc4cn(-c5ccc(OC6CC6)cc5F)nn4)cccc3C2=O)C(=O)N1. The third-order valence-electron chi connectivity index (χ3n) is 6.45. The quantitative estimate of drug-likeness (QED) is 0.504. The molecule has 1 saturated heterocycles. The number of amides is 3. The Morgan fingerprint density at radius 2 is 1.97 bits per heavy atom. The van der Waals surface area contributed by atoms with Gasteiger partial charge < -0.3 is 14.4 Å². The summed E-state index contributed by atoms with van der Waals surface area (Å²) in [7, 11) is 0. The first-order chi connectivity index (χ1) is 17.5. The number of hydrogen-bond donors (Lipinski definition) is 1. The van der Waals surface area contributed by atoms with Gasteiger partial charge in [0.15, 0.2) is 5.82 Å². The smallest absolute Gasteiger partial charge is 0.255 e. The lowest BCUT2D eigenvalue weighted by Gasteiger charge is -2.29. The number of fused-ring (bicyclic) bond motifs is 1. The molecule has 3 aliphatic rings. The van der Waals surface area contributed by atoms with E-state index in [9.17, 15) is 18.8 Å². The van der Waals surface area contributed by atoms with E-state index in [1.807, 2.05) is 0 Å². The molecule has 1 aromatic heterocycles. The van der Waals surface area contributed by atoms with Crippen LogP contribution in [0.1, 0.15) is 47.3 Å². The Hall–Kier alpha value is -4.28. The second kappa shape index (κ2) is 8.74. The molecule has 11 heteroatoms. The summed E-state index contributed by atoms with van der Waals surface area (Å²) in [4.78, 5) is 38.2. The van der Waals surface area contributed by atoms with E-state index in [-0.39, 0.29) is 49.6 Å². The third-order valence-corrected chi connectivity index (χ3v) is 6.45. The maximum Gasteiger partial charge on any atom is 0.255 e. The van der Waals surface area contributed by atoms with Gasteiger partial charge in [0.25, 0.3) is 5.91 Å². The molecular weight excluding hydrogens is 469 g/mol. The number of carbonyl (C=O) groups is 3. The van der Waals surface area contributed by atoms with Crippen LogP contribution < -0.4 is 14.8 Å². The molecular formula is C25H22FN5O5. The van der Waals surface area contributed by atoms with Crippen LogP contribution in [0.15, 0.2) is 42.6 Å². The van der Waals surface area contributed by atoms with Gasteiger partial charge >= 0.3 is 0 Å². The number of aromatic nitrogens is 3. The number of nitrogens with zero attached hydrogens (tertiary/aromatic N) is 4. The Morgan fingerprint density at radius 1 is 1.11 bits per heavy atom. The second-order valence-electron chi connectivity index (χ2n) is 9.06. The van der Waals surface area contributed by atoms with Gasteiger partial charge in [0.1, 0.15) is 35.5 Å². The summed E-state index contributed by atoms with van der Waals surface area (Å²) in [5.74, 6) is -0.580. The Bertz CT molecular complexity index is 1380. The number of rotatable bonds is 7. The van der Waals surface area contributed by atoms with E-state index in [0.717, 1.165) is 12.8 Å². The zero-order valence-corrected chi connectivity index (χ0v) is 19.1. The highest BCUT2D eigenvalue weighted by Crippen LogP contribution is 2.34. The number of nitrogens with one attached hydrogen (secondary N) is 1. The summed E-state index contributed by atoms with van der Waals surface area (Å²) in [6.45, 7) is 0.247. The van der Waals surface area contributed by atoms with E-state index < -0.39 is 17.8 Å². The minimum Gasteiger partial charge on any atom is -0.490 e. The second-order valence-corrected chi connectivity index (χ2v) is 9.06. The van der Waals surface area contributed by atoms with Crippen molar-refractivity contribution in [2.45, 2.75) is 51.0 Å². The van der Waals surface area contributed by atoms with Gasteiger partial charge in [0.05, 0.1) is 18.8 Å². The van der Waals surface area contributed by atoms with Gasteiger partial charge in [-0.2, -0.15) is 0 Å². The maximum absolute atomic E-state index is 14.6. The van der Waals surface area contributed by atoms with Crippen LogP contribution in [0.2, 0.25) is 0 Å². The van der Waals surface area contributed by atoms with Crippen molar-refractivity contribution in [3.05, 3.63) is 65.2 Å². The molecule has 10 nitrogen and oxygen atoms in total. The summed E-state index contributed by atoms with van der Waals surface area (Å²) < 4.78 is 27.5. The molecule has 1 aliphatic carbocycles. The van der Waals surface area contributed by atoms with Crippen molar-refractivity contribution in [1.29, 1.82) is 0 Å². The van der Waals surface area contributed by atoms with Crippen LogP contribution >= 0.6 is 0 Å². The highest BCUT2D eigenvalue weighted by Gasteiger charge is 2.40. The number of ether oxygens (including phenoxy) is 2. The summed E-state index contributed by atoms with van der Waals surface area (Å²) in [6.07, 6.45) is 4.20. The molecule has 6 rings (SSSR count). The number of piperidine rings is 1. The van der Waals surface area contributed by atoms with Gasteiger partial charge in [-0.3, -0.25) is 19.7 Å². The van der Waals surface area contributed by atoms with Gasteiger partial charge in [-0.1, -0.05) is 11.3 Å². The van der Waals surface area contributed by atoms with Crippen molar-refractivity contribution in [3.63, 3.8) is 0 Å². The predicted octanol–water partition coefficient (Wildman–Crippen LogP) is 2.29. The summed E-state index contributed by atoms with van der Waals surface area (Å²) in [5.41, 5.74) is 1.83. The molecule has 184 valence electrons. The van der Waals surface area contributed by atoms with E-state index in [1.54, 1.807) is 36.5 Å².